The minimum Gasteiger partial charge on any atom is -0.497 e. The number of benzene rings is 2. The second kappa shape index (κ2) is 6.98. The van der Waals surface area contributed by atoms with Crippen LogP contribution in [0.25, 0.3) is 0 Å². The minimum atomic E-state index is -1.27. The molecule has 2 atom stereocenters. The van der Waals surface area contributed by atoms with E-state index in [-0.39, 0.29) is 24.2 Å². The third-order valence-electron chi connectivity index (χ3n) is 5.74. The molecule has 0 aliphatic carbocycles. The van der Waals surface area contributed by atoms with E-state index in [0.29, 0.717) is 22.6 Å². The van der Waals surface area contributed by atoms with Gasteiger partial charge >= 0.3 is 6.03 Å². The number of fused-ring (bicyclic) bond motifs is 1. The second-order valence-electron chi connectivity index (χ2n) is 7.61. The molecule has 4 amide bonds. The number of nitrogens with one attached hydrogen (secondary N) is 2. The average molecular weight is 407 g/mol. The summed E-state index contributed by atoms with van der Waals surface area (Å²) in [7, 11) is 1.54. The summed E-state index contributed by atoms with van der Waals surface area (Å²) in [6.07, 6.45) is 0. The molecule has 8 heteroatoms. The van der Waals surface area contributed by atoms with Gasteiger partial charge in [0.25, 0.3) is 5.91 Å². The zero-order valence-electron chi connectivity index (χ0n) is 16.8. The van der Waals surface area contributed by atoms with E-state index in [1.807, 2.05) is 0 Å². The van der Waals surface area contributed by atoms with Crippen molar-refractivity contribution in [2.75, 3.05) is 19.0 Å². The molecule has 2 aliphatic rings. The number of rotatable bonds is 5. The van der Waals surface area contributed by atoms with E-state index >= 15 is 0 Å². The molecule has 2 N–H and O–H groups in total. The topological polar surface area (TPSA) is 105 Å². The standard InChI is InChI=1S/C22H21N3O5/c1-12-16-10-13(4-9-17(16)23-19(12)27)18(26)11-25-20(28)22(2,24-21(25)29)14-5-7-15(30-3)8-6-14/h4-10,12H,11H2,1-3H3,(H,23,27)(H,24,29)/t12-,22+/m0/s1. The quantitative estimate of drug-likeness (QED) is 0.585. The number of ether oxygens (including phenoxy) is 1. The van der Waals surface area contributed by atoms with E-state index in [1.165, 1.54) is 7.11 Å². The molecular formula is C22H21N3O5. The molecule has 0 unspecified atom stereocenters. The van der Waals surface area contributed by atoms with Gasteiger partial charge in [0, 0.05) is 11.3 Å². The Morgan fingerprint density at radius 2 is 1.83 bits per heavy atom. The lowest BCUT2D eigenvalue weighted by molar-refractivity contribution is -0.130. The average Bonchev–Trinajstić information content (AvgIpc) is 3.15. The summed E-state index contributed by atoms with van der Waals surface area (Å²) in [5.74, 6) is -0.740. The zero-order valence-corrected chi connectivity index (χ0v) is 16.8. The predicted octanol–water partition coefficient (Wildman–Crippen LogP) is 2.40. The minimum absolute atomic E-state index is 0.126. The number of carbonyl (C=O) groups excluding carboxylic acids is 4. The highest BCUT2D eigenvalue weighted by Crippen LogP contribution is 2.33. The number of nitrogens with zero attached hydrogens (tertiary/aromatic N) is 1. The van der Waals surface area contributed by atoms with Gasteiger partial charge in [0.05, 0.1) is 19.6 Å². The van der Waals surface area contributed by atoms with Gasteiger partial charge in [-0.3, -0.25) is 19.3 Å². The lowest BCUT2D eigenvalue weighted by atomic mass is 9.92. The Labute approximate surface area is 173 Å². The molecule has 2 aromatic rings. The smallest absolute Gasteiger partial charge is 0.325 e. The lowest BCUT2D eigenvalue weighted by Crippen LogP contribution is -2.41. The Kier molecular flexibility index (Phi) is 4.57. The normalized spacial score (nSPS) is 22.6. The van der Waals surface area contributed by atoms with Crippen molar-refractivity contribution in [2.45, 2.75) is 25.3 Å². The largest absolute Gasteiger partial charge is 0.497 e. The number of Topliss-reactive ketones (excluding diaryl/α,β-unsaturated/α-hetero) is 1. The number of ketones is 1. The molecule has 2 heterocycles. The summed E-state index contributed by atoms with van der Waals surface area (Å²) in [6.45, 7) is 2.98. The molecule has 1 saturated heterocycles. The molecular weight excluding hydrogens is 386 g/mol. The second-order valence-corrected chi connectivity index (χ2v) is 7.61. The number of carbonyl (C=O) groups is 4. The van der Waals surface area contributed by atoms with Crippen molar-refractivity contribution in [3.8, 4) is 5.75 Å². The van der Waals surface area contributed by atoms with Crippen LogP contribution in [0.5, 0.6) is 5.75 Å². The predicted molar refractivity (Wildman–Crippen MR) is 108 cm³/mol. The van der Waals surface area contributed by atoms with E-state index < -0.39 is 17.5 Å². The highest BCUT2D eigenvalue weighted by molar-refractivity contribution is 6.11. The summed E-state index contributed by atoms with van der Waals surface area (Å²) in [4.78, 5) is 51.1. The van der Waals surface area contributed by atoms with Gasteiger partial charge in [-0.1, -0.05) is 12.1 Å². The summed E-state index contributed by atoms with van der Waals surface area (Å²) in [5, 5.41) is 5.43. The van der Waals surface area contributed by atoms with Gasteiger partial charge in [-0.2, -0.15) is 0 Å². The number of amides is 4. The molecule has 0 saturated carbocycles. The fourth-order valence-electron chi connectivity index (χ4n) is 3.79. The first-order valence-corrected chi connectivity index (χ1v) is 9.51. The van der Waals surface area contributed by atoms with Gasteiger partial charge < -0.3 is 15.4 Å². The van der Waals surface area contributed by atoms with Crippen LogP contribution in [-0.4, -0.2) is 42.2 Å². The number of hydrogen-bond acceptors (Lipinski definition) is 5. The lowest BCUT2D eigenvalue weighted by Gasteiger charge is -2.22. The van der Waals surface area contributed by atoms with Crippen molar-refractivity contribution in [1.82, 2.24) is 10.2 Å². The van der Waals surface area contributed by atoms with Crippen LogP contribution in [-0.2, 0) is 15.1 Å². The monoisotopic (exact) mass is 407 g/mol. The van der Waals surface area contributed by atoms with Crippen LogP contribution in [0, 0.1) is 0 Å². The van der Waals surface area contributed by atoms with Crippen molar-refractivity contribution < 1.29 is 23.9 Å². The van der Waals surface area contributed by atoms with Crippen LogP contribution in [0.1, 0.15) is 41.3 Å². The maximum absolute atomic E-state index is 13.0. The van der Waals surface area contributed by atoms with Gasteiger partial charge in [-0.25, -0.2) is 4.79 Å². The number of imide groups is 1. The Bertz CT molecular complexity index is 1080. The number of hydrogen-bond donors (Lipinski definition) is 2. The van der Waals surface area contributed by atoms with Crippen molar-refractivity contribution in [1.29, 1.82) is 0 Å². The molecule has 0 radical (unpaired) electrons. The van der Waals surface area contributed by atoms with E-state index in [1.54, 1.807) is 56.3 Å². The molecule has 2 aliphatic heterocycles. The third-order valence-corrected chi connectivity index (χ3v) is 5.74. The van der Waals surface area contributed by atoms with Crippen LogP contribution in [0.2, 0.25) is 0 Å². The van der Waals surface area contributed by atoms with Crippen LogP contribution in [0.4, 0.5) is 10.5 Å². The highest BCUT2D eigenvalue weighted by atomic mass is 16.5. The van der Waals surface area contributed by atoms with E-state index in [0.717, 1.165) is 10.5 Å². The first-order chi connectivity index (χ1) is 14.2. The number of urea groups is 1. The molecule has 1 fully saturated rings. The summed E-state index contributed by atoms with van der Waals surface area (Å²) in [5.41, 5.74) is 1.06. The van der Waals surface area contributed by atoms with Crippen molar-refractivity contribution >= 4 is 29.3 Å². The van der Waals surface area contributed by atoms with E-state index in [2.05, 4.69) is 10.6 Å². The fourth-order valence-corrected chi connectivity index (χ4v) is 3.79. The Balaban J connectivity index is 1.55. The Morgan fingerprint density at radius 1 is 1.13 bits per heavy atom. The number of methoxy groups -OCH3 is 1. The van der Waals surface area contributed by atoms with Gasteiger partial charge in [-0.15, -0.1) is 0 Å². The molecule has 0 spiro atoms. The highest BCUT2D eigenvalue weighted by Gasteiger charge is 2.49. The zero-order chi connectivity index (χ0) is 21.6. The van der Waals surface area contributed by atoms with Crippen molar-refractivity contribution in [2.24, 2.45) is 0 Å². The van der Waals surface area contributed by atoms with E-state index in [4.69, 9.17) is 4.74 Å². The first-order valence-electron chi connectivity index (χ1n) is 9.51. The fraction of sp³-hybridized carbons (Fsp3) is 0.273. The van der Waals surface area contributed by atoms with Crippen molar-refractivity contribution in [3.63, 3.8) is 0 Å². The van der Waals surface area contributed by atoms with E-state index in [9.17, 15) is 19.2 Å². The van der Waals surface area contributed by atoms with Gasteiger partial charge in [-0.05, 0) is 55.3 Å². The first kappa shape index (κ1) is 19.6. The number of anilines is 1. The maximum Gasteiger partial charge on any atom is 0.325 e. The molecule has 30 heavy (non-hydrogen) atoms. The van der Waals surface area contributed by atoms with Crippen molar-refractivity contribution in [3.05, 3.63) is 59.2 Å². The van der Waals surface area contributed by atoms with Gasteiger partial charge in [0.1, 0.15) is 11.3 Å². The van der Waals surface area contributed by atoms with Crippen LogP contribution in [0.15, 0.2) is 42.5 Å². The Morgan fingerprint density at radius 3 is 2.50 bits per heavy atom. The summed E-state index contributed by atoms with van der Waals surface area (Å²) in [6, 6.07) is 11.1. The van der Waals surface area contributed by atoms with Gasteiger partial charge in [0.2, 0.25) is 5.91 Å². The van der Waals surface area contributed by atoms with Crippen LogP contribution < -0.4 is 15.4 Å². The maximum atomic E-state index is 13.0. The van der Waals surface area contributed by atoms with Crippen LogP contribution >= 0.6 is 0 Å². The molecule has 4 rings (SSSR count). The third kappa shape index (κ3) is 3.01. The molecule has 0 bridgehead atoms. The molecule has 2 aromatic carbocycles. The Hall–Kier alpha value is -3.68. The SMILES string of the molecule is COc1ccc([C@@]2(C)NC(=O)N(CC(=O)c3ccc4c(c3)[C@H](C)C(=O)N4)C2=O)cc1. The van der Waals surface area contributed by atoms with Crippen LogP contribution in [0.3, 0.4) is 0 Å². The summed E-state index contributed by atoms with van der Waals surface area (Å²) >= 11 is 0. The van der Waals surface area contributed by atoms with Gasteiger partial charge in [0.15, 0.2) is 5.78 Å². The molecule has 0 aromatic heterocycles. The summed E-state index contributed by atoms with van der Waals surface area (Å²) < 4.78 is 5.13. The molecule has 154 valence electrons. The molecule has 8 nitrogen and oxygen atoms in total.